The molecule has 4 N–H and O–H groups in total. The number of nitrogen functional groups attached to an aromatic ring is 1. The number of nitrogens with zero attached hydrogens (tertiary/aromatic N) is 4. The molecule has 2 aliphatic heterocycles. The summed E-state index contributed by atoms with van der Waals surface area (Å²) in [6.07, 6.45) is 2.01. The number of anilines is 2. The number of nitrogens with two attached hydrogens (primary N) is 1. The fraction of sp³-hybridized carbons (Fsp3) is 0.478. The zero-order valence-corrected chi connectivity index (χ0v) is 20.0. The van der Waals surface area contributed by atoms with Gasteiger partial charge in [0.15, 0.2) is 0 Å². The van der Waals surface area contributed by atoms with Crippen LogP contribution in [-0.4, -0.2) is 78.1 Å². The van der Waals surface area contributed by atoms with Gasteiger partial charge in [-0.1, -0.05) is 11.6 Å². The van der Waals surface area contributed by atoms with Gasteiger partial charge in [-0.15, -0.1) is 0 Å². The van der Waals surface area contributed by atoms with E-state index in [1.807, 2.05) is 18.2 Å². The number of halogens is 1. The molecule has 0 radical (unpaired) electrons. The quantitative estimate of drug-likeness (QED) is 0.610. The number of likely N-dealkylation sites (tertiary alicyclic amines) is 1. The van der Waals surface area contributed by atoms with E-state index < -0.39 is 12.1 Å². The molecule has 1 atom stereocenters. The molecule has 2 aromatic rings. The van der Waals surface area contributed by atoms with Crippen molar-refractivity contribution >= 4 is 52.0 Å². The highest BCUT2D eigenvalue weighted by molar-refractivity contribution is 6.31. The minimum Gasteiger partial charge on any atom is -0.384 e. The van der Waals surface area contributed by atoms with Gasteiger partial charge in [0.2, 0.25) is 0 Å². The summed E-state index contributed by atoms with van der Waals surface area (Å²) < 4.78 is 0. The topological polar surface area (TPSA) is 124 Å². The largest absolute Gasteiger partial charge is 0.384 e. The maximum absolute atomic E-state index is 13.0. The first-order valence-electron chi connectivity index (χ1n) is 11.6. The molecule has 3 heterocycles. The first kappa shape index (κ1) is 23.9. The first-order chi connectivity index (χ1) is 16.4. The van der Waals surface area contributed by atoms with Crippen LogP contribution in [0.25, 0.3) is 10.9 Å². The summed E-state index contributed by atoms with van der Waals surface area (Å²) >= 11 is 6.11. The number of hydrogen-bond acceptors (Lipinski definition) is 6. The van der Waals surface area contributed by atoms with Crippen LogP contribution < -0.4 is 21.3 Å². The number of nitrogens with one attached hydrogen (secondary N) is 2. The second-order valence-corrected chi connectivity index (χ2v) is 8.96. The third-order valence-corrected chi connectivity index (χ3v) is 6.47. The summed E-state index contributed by atoms with van der Waals surface area (Å²) in [5.74, 6) is 0.0568. The third-order valence-electron chi connectivity index (χ3n) is 6.24. The fourth-order valence-electron chi connectivity index (χ4n) is 4.48. The summed E-state index contributed by atoms with van der Waals surface area (Å²) in [6, 6.07) is 5.97. The van der Waals surface area contributed by atoms with E-state index in [1.165, 1.54) is 4.90 Å². The lowest BCUT2D eigenvalue weighted by Gasteiger charge is -2.37. The molecule has 5 amide bonds. The van der Waals surface area contributed by atoms with Crippen molar-refractivity contribution in [2.24, 2.45) is 0 Å². The molecule has 2 saturated heterocycles. The Hall–Kier alpha value is -3.27. The van der Waals surface area contributed by atoms with E-state index in [2.05, 4.69) is 20.5 Å². The van der Waals surface area contributed by atoms with Crippen molar-refractivity contribution < 1.29 is 14.4 Å². The highest BCUT2D eigenvalue weighted by atomic mass is 35.5. The van der Waals surface area contributed by atoms with Crippen molar-refractivity contribution in [3.63, 3.8) is 0 Å². The van der Waals surface area contributed by atoms with E-state index in [1.54, 1.807) is 17.9 Å². The molecule has 2 aliphatic rings. The van der Waals surface area contributed by atoms with Gasteiger partial charge in [0.05, 0.1) is 5.52 Å². The van der Waals surface area contributed by atoms with Crippen molar-refractivity contribution in [3.05, 3.63) is 29.3 Å². The van der Waals surface area contributed by atoms with Crippen LogP contribution in [-0.2, 0) is 4.79 Å². The molecule has 10 nitrogen and oxygen atoms in total. The van der Waals surface area contributed by atoms with Gasteiger partial charge in [0.1, 0.15) is 11.9 Å². The van der Waals surface area contributed by atoms with Crippen LogP contribution in [0.1, 0.15) is 26.2 Å². The van der Waals surface area contributed by atoms with E-state index in [0.29, 0.717) is 56.5 Å². The summed E-state index contributed by atoms with van der Waals surface area (Å²) in [4.78, 5) is 47.6. The second-order valence-electron chi connectivity index (χ2n) is 8.53. The molecule has 2 fully saturated rings. The van der Waals surface area contributed by atoms with Crippen molar-refractivity contribution in [2.75, 3.05) is 49.9 Å². The predicted molar refractivity (Wildman–Crippen MR) is 132 cm³/mol. The van der Waals surface area contributed by atoms with Crippen LogP contribution >= 0.6 is 11.6 Å². The van der Waals surface area contributed by atoms with E-state index in [4.69, 9.17) is 17.3 Å². The zero-order chi connectivity index (χ0) is 24.2. The number of benzene rings is 1. The Labute approximate surface area is 203 Å². The standard InChI is InChI=1S/C23H30ClN7O3/c1-2-26-22(33)31-8-4-3-5-17(21(31)32)28-23(34)30-11-9-29(10-12-30)19-14-20(25)27-18-13-15(24)6-7-16(18)19/h6-7,13-14,17H,2-5,8-12H2,1H3,(H2,25,27)(H,26,33)(H,28,34)/t17-/m0/s1. The van der Waals surface area contributed by atoms with Gasteiger partial charge in [-0.05, 0) is 44.4 Å². The van der Waals surface area contributed by atoms with Crippen molar-refractivity contribution in [3.8, 4) is 0 Å². The first-order valence-corrected chi connectivity index (χ1v) is 12.0. The molecular formula is C23H30ClN7O3. The van der Waals surface area contributed by atoms with Gasteiger partial charge in [0, 0.05) is 61.4 Å². The molecule has 34 heavy (non-hydrogen) atoms. The van der Waals surface area contributed by atoms with Crippen LogP contribution in [0.3, 0.4) is 0 Å². The molecule has 1 aromatic heterocycles. The Balaban J connectivity index is 1.40. The summed E-state index contributed by atoms with van der Waals surface area (Å²) in [5, 5.41) is 7.07. The number of pyridine rings is 1. The van der Waals surface area contributed by atoms with E-state index in [0.717, 1.165) is 29.4 Å². The van der Waals surface area contributed by atoms with Crippen LogP contribution in [0.15, 0.2) is 24.3 Å². The highest BCUT2D eigenvalue weighted by Crippen LogP contribution is 2.30. The van der Waals surface area contributed by atoms with Gasteiger partial charge >= 0.3 is 12.1 Å². The van der Waals surface area contributed by atoms with Gasteiger partial charge in [-0.25, -0.2) is 14.6 Å². The molecule has 0 unspecified atom stereocenters. The Kier molecular flexibility index (Phi) is 7.26. The minimum absolute atomic E-state index is 0.290. The maximum atomic E-state index is 13.0. The summed E-state index contributed by atoms with van der Waals surface area (Å²) in [5.41, 5.74) is 7.70. The fourth-order valence-corrected chi connectivity index (χ4v) is 4.64. The number of aromatic nitrogens is 1. The maximum Gasteiger partial charge on any atom is 0.324 e. The summed E-state index contributed by atoms with van der Waals surface area (Å²) in [7, 11) is 0. The third kappa shape index (κ3) is 5.11. The van der Waals surface area contributed by atoms with Crippen LogP contribution in [0.2, 0.25) is 5.02 Å². The number of urea groups is 2. The van der Waals surface area contributed by atoms with Crippen molar-refractivity contribution in [1.82, 2.24) is 25.4 Å². The van der Waals surface area contributed by atoms with Crippen molar-refractivity contribution in [2.45, 2.75) is 32.2 Å². The number of amides is 5. The normalized spacial score (nSPS) is 19.2. The van der Waals surface area contributed by atoms with E-state index in [9.17, 15) is 14.4 Å². The van der Waals surface area contributed by atoms with Gasteiger partial charge in [0.25, 0.3) is 5.91 Å². The van der Waals surface area contributed by atoms with Crippen LogP contribution in [0.5, 0.6) is 0 Å². The molecule has 0 bridgehead atoms. The van der Waals surface area contributed by atoms with Crippen molar-refractivity contribution in [1.29, 1.82) is 0 Å². The lowest BCUT2D eigenvalue weighted by Crippen LogP contribution is -2.57. The second kappa shape index (κ2) is 10.3. The number of fused-ring (bicyclic) bond motifs is 1. The molecule has 182 valence electrons. The average Bonchev–Trinajstić information content (AvgIpc) is 3.00. The van der Waals surface area contributed by atoms with Crippen LogP contribution in [0, 0.1) is 0 Å². The molecule has 0 spiro atoms. The minimum atomic E-state index is -0.704. The SMILES string of the molecule is CCNC(=O)N1CCCC[C@H](NC(=O)N2CCN(c3cc(N)nc4cc(Cl)ccc34)CC2)C1=O. The van der Waals surface area contributed by atoms with Crippen LogP contribution in [0.4, 0.5) is 21.1 Å². The summed E-state index contributed by atoms with van der Waals surface area (Å²) in [6.45, 7) is 4.81. The average molecular weight is 488 g/mol. The number of carbonyl (C=O) groups excluding carboxylic acids is 3. The number of rotatable bonds is 3. The van der Waals surface area contributed by atoms with Gasteiger partial charge < -0.3 is 26.2 Å². The number of piperazine rings is 1. The Morgan fingerprint density at radius 2 is 1.88 bits per heavy atom. The Bertz CT molecular complexity index is 1080. The molecule has 1 aromatic carbocycles. The van der Waals surface area contributed by atoms with E-state index in [-0.39, 0.29) is 11.9 Å². The highest BCUT2D eigenvalue weighted by Gasteiger charge is 2.33. The Morgan fingerprint density at radius 1 is 1.12 bits per heavy atom. The Morgan fingerprint density at radius 3 is 2.62 bits per heavy atom. The smallest absolute Gasteiger partial charge is 0.324 e. The molecular weight excluding hydrogens is 458 g/mol. The number of imide groups is 1. The number of hydrogen-bond donors (Lipinski definition) is 3. The van der Waals surface area contributed by atoms with Gasteiger partial charge in [-0.3, -0.25) is 9.69 Å². The lowest BCUT2D eigenvalue weighted by atomic mass is 10.1. The van der Waals surface area contributed by atoms with Gasteiger partial charge in [-0.2, -0.15) is 0 Å². The molecule has 4 rings (SSSR count). The molecule has 0 saturated carbocycles. The molecule has 0 aliphatic carbocycles. The predicted octanol–water partition coefficient (Wildman–Crippen LogP) is 2.41. The lowest BCUT2D eigenvalue weighted by molar-refractivity contribution is -0.129. The number of carbonyl (C=O) groups is 3. The monoisotopic (exact) mass is 487 g/mol. The van der Waals surface area contributed by atoms with E-state index >= 15 is 0 Å². The zero-order valence-electron chi connectivity index (χ0n) is 19.2. The molecule has 11 heteroatoms.